The lowest BCUT2D eigenvalue weighted by Crippen LogP contribution is -2.22. The Balaban J connectivity index is 0.000000346. The molecular formula is C17H23NO4. The van der Waals surface area contributed by atoms with E-state index in [0.717, 1.165) is 19.0 Å². The van der Waals surface area contributed by atoms with Gasteiger partial charge in [-0.3, -0.25) is 0 Å². The van der Waals surface area contributed by atoms with Crippen LogP contribution in [0.15, 0.2) is 36.4 Å². The highest BCUT2D eigenvalue weighted by atomic mass is 16.4. The topological polar surface area (TPSA) is 86.6 Å². The summed E-state index contributed by atoms with van der Waals surface area (Å²) in [5, 5.41) is 18.3. The fraction of sp³-hybridized carbons (Fsp3) is 0.412. The molecule has 5 nitrogen and oxygen atoms in total. The zero-order valence-corrected chi connectivity index (χ0v) is 12.8. The van der Waals surface area contributed by atoms with Gasteiger partial charge in [0.2, 0.25) is 0 Å². The summed E-state index contributed by atoms with van der Waals surface area (Å²) in [5.74, 6) is -2.90. The van der Waals surface area contributed by atoms with E-state index in [4.69, 9.17) is 19.8 Å². The zero-order valence-electron chi connectivity index (χ0n) is 12.8. The van der Waals surface area contributed by atoms with Gasteiger partial charge in [-0.25, -0.2) is 9.59 Å². The van der Waals surface area contributed by atoms with Gasteiger partial charge < -0.3 is 15.5 Å². The van der Waals surface area contributed by atoms with Crippen molar-refractivity contribution in [1.29, 1.82) is 0 Å². The standard InChI is InChI=1S/C15H21N.C2H2O4/c1-13-7-9-15(10-8-13)12-16-11-14-5-3-2-4-6-14;3-1(4)2(5)6/h3,5,7-10,14,16H,2,4,6,11-12H2,1H3;(H,3,4)(H,5,6). The number of carbonyl (C=O) groups is 2. The number of carboxylic acid groups (broad SMARTS) is 2. The molecule has 1 aliphatic carbocycles. The number of hydrogen-bond acceptors (Lipinski definition) is 3. The second kappa shape index (κ2) is 9.73. The van der Waals surface area contributed by atoms with Crippen LogP contribution in [0.4, 0.5) is 0 Å². The highest BCUT2D eigenvalue weighted by Crippen LogP contribution is 2.16. The van der Waals surface area contributed by atoms with E-state index in [1.54, 1.807) is 0 Å². The third kappa shape index (κ3) is 7.59. The van der Waals surface area contributed by atoms with Gasteiger partial charge in [0.05, 0.1) is 0 Å². The second-order valence-corrected chi connectivity index (χ2v) is 5.35. The van der Waals surface area contributed by atoms with E-state index in [-0.39, 0.29) is 0 Å². The molecule has 0 saturated carbocycles. The van der Waals surface area contributed by atoms with Crippen LogP contribution in [0.3, 0.4) is 0 Å². The molecule has 0 fully saturated rings. The highest BCUT2D eigenvalue weighted by Gasteiger charge is 2.07. The van der Waals surface area contributed by atoms with Crippen molar-refractivity contribution in [3.8, 4) is 0 Å². The molecule has 1 aromatic rings. The molecule has 5 heteroatoms. The average molecular weight is 305 g/mol. The first-order valence-corrected chi connectivity index (χ1v) is 7.38. The van der Waals surface area contributed by atoms with Crippen molar-refractivity contribution in [3.05, 3.63) is 47.5 Å². The Morgan fingerprint density at radius 2 is 1.82 bits per heavy atom. The van der Waals surface area contributed by atoms with Crippen LogP contribution in [0, 0.1) is 12.8 Å². The van der Waals surface area contributed by atoms with Gasteiger partial charge in [-0.05, 0) is 37.7 Å². The van der Waals surface area contributed by atoms with Gasteiger partial charge >= 0.3 is 11.9 Å². The van der Waals surface area contributed by atoms with Gasteiger partial charge in [0.25, 0.3) is 0 Å². The van der Waals surface area contributed by atoms with E-state index in [1.807, 2.05) is 0 Å². The molecule has 1 unspecified atom stereocenters. The van der Waals surface area contributed by atoms with Gasteiger partial charge in [0.15, 0.2) is 0 Å². The molecule has 0 aliphatic heterocycles. The Morgan fingerprint density at radius 3 is 2.32 bits per heavy atom. The number of aryl methyl sites for hydroxylation is 1. The molecule has 0 spiro atoms. The summed E-state index contributed by atoms with van der Waals surface area (Å²) in [6.07, 6.45) is 8.66. The van der Waals surface area contributed by atoms with Crippen LogP contribution in [0.25, 0.3) is 0 Å². The molecular weight excluding hydrogens is 282 g/mol. The van der Waals surface area contributed by atoms with Crippen LogP contribution >= 0.6 is 0 Å². The average Bonchev–Trinajstić information content (AvgIpc) is 2.51. The lowest BCUT2D eigenvalue weighted by molar-refractivity contribution is -0.159. The first kappa shape index (κ1) is 17.9. The highest BCUT2D eigenvalue weighted by molar-refractivity contribution is 6.27. The van der Waals surface area contributed by atoms with E-state index in [9.17, 15) is 0 Å². The third-order valence-electron chi connectivity index (χ3n) is 3.39. The maximum Gasteiger partial charge on any atom is 0.414 e. The van der Waals surface area contributed by atoms with Gasteiger partial charge in [0.1, 0.15) is 0 Å². The van der Waals surface area contributed by atoms with E-state index >= 15 is 0 Å². The lowest BCUT2D eigenvalue weighted by Gasteiger charge is -2.16. The molecule has 1 aliphatic rings. The van der Waals surface area contributed by atoms with E-state index < -0.39 is 11.9 Å². The summed E-state index contributed by atoms with van der Waals surface area (Å²) in [5.41, 5.74) is 2.71. The Hall–Kier alpha value is -2.14. The van der Waals surface area contributed by atoms with Crippen LogP contribution in [0.5, 0.6) is 0 Å². The Morgan fingerprint density at radius 1 is 1.18 bits per heavy atom. The summed E-state index contributed by atoms with van der Waals surface area (Å²) >= 11 is 0. The van der Waals surface area contributed by atoms with Crippen LogP contribution in [-0.4, -0.2) is 28.7 Å². The van der Waals surface area contributed by atoms with Gasteiger partial charge in [-0.15, -0.1) is 0 Å². The number of carboxylic acids is 2. The van der Waals surface area contributed by atoms with Crippen LogP contribution in [0.1, 0.15) is 30.4 Å². The molecule has 2 rings (SSSR count). The van der Waals surface area contributed by atoms with Crippen LogP contribution < -0.4 is 5.32 Å². The number of allylic oxidation sites excluding steroid dienone is 1. The number of benzene rings is 1. The fourth-order valence-electron chi connectivity index (χ4n) is 2.16. The van der Waals surface area contributed by atoms with E-state index in [0.29, 0.717) is 0 Å². The molecule has 120 valence electrons. The smallest absolute Gasteiger partial charge is 0.414 e. The third-order valence-corrected chi connectivity index (χ3v) is 3.39. The fourth-order valence-corrected chi connectivity index (χ4v) is 2.16. The Bertz CT molecular complexity index is 496. The second-order valence-electron chi connectivity index (χ2n) is 5.35. The minimum Gasteiger partial charge on any atom is -0.473 e. The first-order valence-electron chi connectivity index (χ1n) is 7.38. The van der Waals surface area contributed by atoms with Crippen molar-refractivity contribution in [2.45, 2.75) is 32.7 Å². The summed E-state index contributed by atoms with van der Waals surface area (Å²) in [7, 11) is 0. The lowest BCUT2D eigenvalue weighted by atomic mass is 9.96. The van der Waals surface area contributed by atoms with Crippen molar-refractivity contribution >= 4 is 11.9 Å². The predicted molar refractivity (Wildman–Crippen MR) is 84.6 cm³/mol. The molecule has 3 N–H and O–H groups in total. The number of rotatable bonds is 4. The van der Waals surface area contributed by atoms with E-state index in [2.05, 4.69) is 48.7 Å². The SMILES string of the molecule is Cc1ccc(CNCC2C=CCCC2)cc1.O=C(O)C(=O)O. The molecule has 0 radical (unpaired) electrons. The molecule has 1 aromatic carbocycles. The minimum absolute atomic E-state index is 0.749. The van der Waals surface area contributed by atoms with E-state index in [1.165, 1.54) is 30.4 Å². The molecule has 22 heavy (non-hydrogen) atoms. The van der Waals surface area contributed by atoms with Gasteiger partial charge in [-0.1, -0.05) is 42.0 Å². The number of nitrogens with one attached hydrogen (secondary N) is 1. The molecule has 0 aromatic heterocycles. The Labute approximate surface area is 130 Å². The summed E-state index contributed by atoms with van der Waals surface area (Å²) in [6.45, 7) is 4.24. The summed E-state index contributed by atoms with van der Waals surface area (Å²) in [4.78, 5) is 18.2. The molecule has 0 bridgehead atoms. The van der Waals surface area contributed by atoms with Crippen molar-refractivity contribution in [1.82, 2.24) is 5.32 Å². The van der Waals surface area contributed by atoms with Gasteiger partial charge in [0, 0.05) is 13.1 Å². The summed E-state index contributed by atoms with van der Waals surface area (Å²) < 4.78 is 0. The predicted octanol–water partition coefficient (Wildman–Crippen LogP) is 2.60. The number of hydrogen-bond donors (Lipinski definition) is 3. The maximum atomic E-state index is 9.10. The zero-order chi connectivity index (χ0) is 16.4. The molecule has 1 atom stereocenters. The Kier molecular flexibility index (Phi) is 7.92. The first-order chi connectivity index (χ1) is 10.5. The maximum absolute atomic E-state index is 9.10. The quantitative estimate of drug-likeness (QED) is 0.588. The van der Waals surface area contributed by atoms with Crippen molar-refractivity contribution < 1.29 is 19.8 Å². The summed E-state index contributed by atoms with van der Waals surface area (Å²) in [6, 6.07) is 8.77. The van der Waals surface area contributed by atoms with Crippen molar-refractivity contribution in [3.63, 3.8) is 0 Å². The molecule has 0 amide bonds. The molecule has 0 heterocycles. The van der Waals surface area contributed by atoms with Gasteiger partial charge in [-0.2, -0.15) is 0 Å². The number of aliphatic carboxylic acids is 2. The van der Waals surface area contributed by atoms with Crippen LogP contribution in [0.2, 0.25) is 0 Å². The van der Waals surface area contributed by atoms with Crippen molar-refractivity contribution in [2.24, 2.45) is 5.92 Å². The molecule has 0 saturated heterocycles. The normalized spacial score (nSPS) is 16.5. The minimum atomic E-state index is -1.82. The monoisotopic (exact) mass is 305 g/mol. The largest absolute Gasteiger partial charge is 0.473 e. The van der Waals surface area contributed by atoms with Crippen LogP contribution in [-0.2, 0) is 16.1 Å². The van der Waals surface area contributed by atoms with Crippen molar-refractivity contribution in [2.75, 3.05) is 6.54 Å².